The normalized spacial score (nSPS) is 18.1. The van der Waals surface area contributed by atoms with Gasteiger partial charge in [0.1, 0.15) is 0 Å². The van der Waals surface area contributed by atoms with Gasteiger partial charge >= 0.3 is 0 Å². The van der Waals surface area contributed by atoms with Crippen LogP contribution in [0.4, 0.5) is 5.95 Å². The van der Waals surface area contributed by atoms with Crippen molar-refractivity contribution in [3.8, 4) is 11.3 Å². The fraction of sp³-hybridized carbons (Fsp3) is 0.429. The van der Waals surface area contributed by atoms with Crippen molar-refractivity contribution >= 4 is 5.95 Å². The number of anilines is 1. The zero-order valence-corrected chi connectivity index (χ0v) is 15.6. The summed E-state index contributed by atoms with van der Waals surface area (Å²) in [6.45, 7) is 9.13. The molecule has 0 fully saturated rings. The molecular formula is C21H27N3O2. The zero-order chi connectivity index (χ0) is 18.7. The third-order valence-electron chi connectivity index (χ3n) is 5.34. The van der Waals surface area contributed by atoms with E-state index in [2.05, 4.69) is 31.8 Å². The predicted molar refractivity (Wildman–Crippen MR) is 106 cm³/mol. The third-order valence-corrected chi connectivity index (χ3v) is 5.34. The summed E-state index contributed by atoms with van der Waals surface area (Å²) in [6, 6.07) is 8.21. The maximum atomic E-state index is 13.4. The first kappa shape index (κ1) is 18.4. The van der Waals surface area contributed by atoms with Gasteiger partial charge in [-0.05, 0) is 24.8 Å². The van der Waals surface area contributed by atoms with Crippen molar-refractivity contribution in [2.45, 2.75) is 45.1 Å². The van der Waals surface area contributed by atoms with E-state index >= 15 is 0 Å². The number of hydrogen-bond acceptors (Lipinski definition) is 4. The van der Waals surface area contributed by atoms with Gasteiger partial charge in [0.15, 0.2) is 0 Å². The van der Waals surface area contributed by atoms with Crippen molar-refractivity contribution in [1.82, 2.24) is 9.55 Å². The first-order chi connectivity index (χ1) is 12.6. The molecular weight excluding hydrogens is 326 g/mol. The lowest BCUT2D eigenvalue weighted by Crippen LogP contribution is -2.40. The van der Waals surface area contributed by atoms with Crippen molar-refractivity contribution in [2.24, 2.45) is 0 Å². The van der Waals surface area contributed by atoms with Gasteiger partial charge in [-0.25, -0.2) is 4.98 Å². The molecule has 1 unspecified atom stereocenters. The number of hydrogen-bond donors (Lipinski definition) is 2. The Morgan fingerprint density at radius 2 is 2.19 bits per heavy atom. The van der Waals surface area contributed by atoms with E-state index in [1.54, 1.807) is 10.6 Å². The monoisotopic (exact) mass is 353 g/mol. The van der Waals surface area contributed by atoms with Crippen LogP contribution < -0.4 is 10.9 Å². The van der Waals surface area contributed by atoms with Crippen LogP contribution in [-0.4, -0.2) is 27.8 Å². The van der Waals surface area contributed by atoms with Crippen molar-refractivity contribution < 1.29 is 5.11 Å². The smallest absolute Gasteiger partial charge is 0.259 e. The lowest BCUT2D eigenvalue weighted by Gasteiger charge is -2.35. The largest absolute Gasteiger partial charge is 0.396 e. The summed E-state index contributed by atoms with van der Waals surface area (Å²) < 4.78 is 1.66. The molecule has 1 aromatic heterocycles. The Morgan fingerprint density at radius 3 is 2.88 bits per heavy atom. The first-order valence-corrected chi connectivity index (χ1v) is 9.25. The Kier molecular flexibility index (Phi) is 5.28. The number of aliphatic hydroxyl groups excluding tert-OH is 1. The minimum atomic E-state index is -0.236. The molecule has 0 bridgehead atoms. The second-order valence-corrected chi connectivity index (χ2v) is 7.12. The highest BCUT2D eigenvalue weighted by Gasteiger charge is 2.38. The van der Waals surface area contributed by atoms with Crippen LogP contribution in [0.2, 0.25) is 0 Å². The molecule has 1 aliphatic rings. The van der Waals surface area contributed by atoms with Crippen molar-refractivity contribution in [2.75, 3.05) is 18.5 Å². The minimum Gasteiger partial charge on any atom is -0.396 e. The summed E-state index contributed by atoms with van der Waals surface area (Å²) in [4.78, 5) is 18.3. The lowest BCUT2D eigenvalue weighted by molar-refractivity contribution is 0.292. The average Bonchev–Trinajstić information content (AvgIpc) is 2.64. The van der Waals surface area contributed by atoms with Crippen LogP contribution >= 0.6 is 0 Å². The standard InChI is InChI=1S/C21H27N3O2/c1-4-12-24-19(26)17-18(23-20(24)22-11-8-13-25)16-10-7-6-9-15(16)14-21(17,3)5-2/h4,6-7,9-10,25H,1,5,8,11-14H2,2-3H3,(H,22,23). The fourth-order valence-corrected chi connectivity index (χ4v) is 3.72. The summed E-state index contributed by atoms with van der Waals surface area (Å²) in [5.74, 6) is 0.539. The molecule has 0 saturated carbocycles. The molecule has 1 heterocycles. The lowest BCUT2D eigenvalue weighted by atomic mass is 9.69. The van der Waals surface area contributed by atoms with E-state index < -0.39 is 0 Å². The molecule has 26 heavy (non-hydrogen) atoms. The molecule has 138 valence electrons. The van der Waals surface area contributed by atoms with Gasteiger partial charge in [0.05, 0.1) is 11.3 Å². The third kappa shape index (κ3) is 3.07. The van der Waals surface area contributed by atoms with Crippen molar-refractivity contribution in [3.63, 3.8) is 0 Å². The highest BCUT2D eigenvalue weighted by molar-refractivity contribution is 5.72. The fourth-order valence-electron chi connectivity index (χ4n) is 3.72. The number of rotatable bonds is 7. The molecule has 0 amide bonds. The van der Waals surface area contributed by atoms with E-state index in [1.807, 2.05) is 18.2 Å². The average molecular weight is 353 g/mol. The molecule has 3 rings (SSSR count). The van der Waals surface area contributed by atoms with Gasteiger partial charge in [0.25, 0.3) is 5.56 Å². The second-order valence-electron chi connectivity index (χ2n) is 7.12. The molecule has 5 heteroatoms. The maximum Gasteiger partial charge on any atom is 0.259 e. The van der Waals surface area contributed by atoms with Crippen LogP contribution in [-0.2, 0) is 18.4 Å². The van der Waals surface area contributed by atoms with Gasteiger partial charge in [-0.15, -0.1) is 6.58 Å². The quantitative estimate of drug-likeness (QED) is 0.593. The molecule has 0 aliphatic heterocycles. The van der Waals surface area contributed by atoms with Gasteiger partial charge in [0, 0.05) is 30.7 Å². The number of nitrogens with zero attached hydrogens (tertiary/aromatic N) is 2. The molecule has 5 nitrogen and oxygen atoms in total. The predicted octanol–water partition coefficient (Wildman–Crippen LogP) is 3.11. The number of fused-ring (bicyclic) bond motifs is 3. The van der Waals surface area contributed by atoms with E-state index in [-0.39, 0.29) is 17.6 Å². The topological polar surface area (TPSA) is 67.2 Å². The Hall–Kier alpha value is -2.40. The van der Waals surface area contributed by atoms with Gasteiger partial charge in [-0.1, -0.05) is 44.2 Å². The van der Waals surface area contributed by atoms with E-state index in [1.165, 1.54) is 5.56 Å². The zero-order valence-electron chi connectivity index (χ0n) is 15.6. The van der Waals surface area contributed by atoms with Gasteiger partial charge in [-0.2, -0.15) is 0 Å². The molecule has 2 N–H and O–H groups in total. The number of aromatic nitrogens is 2. The number of nitrogens with one attached hydrogen (secondary N) is 1. The Balaban J connectivity index is 2.26. The summed E-state index contributed by atoms with van der Waals surface area (Å²) in [5, 5.41) is 12.3. The van der Waals surface area contributed by atoms with E-state index in [0.29, 0.717) is 25.5 Å². The Bertz CT molecular complexity index is 872. The van der Waals surface area contributed by atoms with Crippen LogP contribution in [0.1, 0.15) is 37.8 Å². The van der Waals surface area contributed by atoms with Crippen LogP contribution in [0.15, 0.2) is 41.7 Å². The van der Waals surface area contributed by atoms with Crippen LogP contribution in [0, 0.1) is 0 Å². The maximum absolute atomic E-state index is 13.4. The highest BCUT2D eigenvalue weighted by atomic mass is 16.3. The number of aliphatic hydroxyl groups is 1. The Morgan fingerprint density at radius 1 is 1.42 bits per heavy atom. The molecule has 1 aliphatic carbocycles. The molecule has 2 aromatic rings. The molecule has 1 aromatic carbocycles. The Labute approximate surface area is 154 Å². The van der Waals surface area contributed by atoms with Gasteiger partial charge in [-0.3, -0.25) is 9.36 Å². The number of benzene rings is 1. The van der Waals surface area contributed by atoms with Crippen LogP contribution in [0.25, 0.3) is 11.3 Å². The summed E-state index contributed by atoms with van der Waals surface area (Å²) in [6.07, 6.45) is 4.03. The second kappa shape index (κ2) is 7.46. The van der Waals surface area contributed by atoms with Crippen molar-refractivity contribution in [3.05, 3.63) is 58.4 Å². The van der Waals surface area contributed by atoms with E-state index in [4.69, 9.17) is 10.1 Å². The molecule has 0 spiro atoms. The van der Waals surface area contributed by atoms with E-state index in [9.17, 15) is 4.79 Å². The van der Waals surface area contributed by atoms with Gasteiger partial charge < -0.3 is 10.4 Å². The van der Waals surface area contributed by atoms with Crippen LogP contribution in [0.5, 0.6) is 0 Å². The summed E-state index contributed by atoms with van der Waals surface area (Å²) in [5.41, 5.74) is 3.63. The SMILES string of the molecule is C=CCn1c(NCCCO)nc2c(c1=O)C(C)(CC)Cc1ccccc1-2. The number of allylic oxidation sites excluding steroid dienone is 1. The molecule has 1 atom stereocenters. The summed E-state index contributed by atoms with van der Waals surface area (Å²) >= 11 is 0. The van der Waals surface area contributed by atoms with Gasteiger partial charge in [0.2, 0.25) is 5.95 Å². The van der Waals surface area contributed by atoms with E-state index in [0.717, 1.165) is 29.7 Å². The molecule has 0 saturated heterocycles. The first-order valence-electron chi connectivity index (χ1n) is 9.25. The van der Waals surface area contributed by atoms with Crippen LogP contribution in [0.3, 0.4) is 0 Å². The minimum absolute atomic E-state index is 0.000233. The molecule has 0 radical (unpaired) electrons. The summed E-state index contributed by atoms with van der Waals surface area (Å²) in [7, 11) is 0. The van der Waals surface area contributed by atoms with Crippen molar-refractivity contribution in [1.29, 1.82) is 0 Å². The highest BCUT2D eigenvalue weighted by Crippen LogP contribution is 2.42.